The molecule has 0 amide bonds. The molecule has 0 bridgehead atoms. The first-order valence-corrected chi connectivity index (χ1v) is 9.86. The summed E-state index contributed by atoms with van der Waals surface area (Å²) in [7, 11) is -0.431. The van der Waals surface area contributed by atoms with Crippen molar-refractivity contribution < 1.29 is 0 Å². The summed E-state index contributed by atoms with van der Waals surface area (Å²) in [4.78, 5) is 0. The molecule has 0 saturated heterocycles. The standard InChI is InChI=1S/C23H23P/c1-20(21-13-5-2-6-14-21)12-11-19-24(22-15-7-3-8-16-22)23-17-9-4-10-18-23/h2-11,13-20H,12H2,1H3/b19-11+. The van der Waals surface area contributed by atoms with Crippen LogP contribution in [0.25, 0.3) is 0 Å². The molecule has 0 aliphatic carbocycles. The van der Waals surface area contributed by atoms with Crippen LogP contribution in [0.15, 0.2) is 103 Å². The van der Waals surface area contributed by atoms with E-state index >= 15 is 0 Å². The number of benzene rings is 3. The average Bonchev–Trinajstić information content (AvgIpc) is 2.67. The molecule has 1 heteroatoms. The number of allylic oxidation sites excluding steroid dienone is 1. The zero-order valence-corrected chi connectivity index (χ0v) is 14.9. The molecule has 0 aromatic heterocycles. The molecule has 24 heavy (non-hydrogen) atoms. The summed E-state index contributed by atoms with van der Waals surface area (Å²) < 4.78 is 0. The van der Waals surface area contributed by atoms with E-state index in [0.717, 1.165) is 6.42 Å². The highest BCUT2D eigenvalue weighted by Crippen LogP contribution is 2.35. The van der Waals surface area contributed by atoms with Crippen molar-refractivity contribution in [3.8, 4) is 0 Å². The fraction of sp³-hybridized carbons (Fsp3) is 0.130. The van der Waals surface area contributed by atoms with Crippen LogP contribution in [0.5, 0.6) is 0 Å². The van der Waals surface area contributed by atoms with E-state index in [-0.39, 0.29) is 0 Å². The topological polar surface area (TPSA) is 0 Å². The molecule has 0 saturated carbocycles. The lowest BCUT2D eigenvalue weighted by Crippen LogP contribution is -2.09. The van der Waals surface area contributed by atoms with Gasteiger partial charge in [-0.15, -0.1) is 0 Å². The Bertz CT molecular complexity index is 708. The van der Waals surface area contributed by atoms with Crippen molar-refractivity contribution in [2.75, 3.05) is 0 Å². The SMILES string of the molecule is CC(C/C=C/P(c1ccccc1)c1ccccc1)c1ccccc1. The third kappa shape index (κ3) is 4.43. The van der Waals surface area contributed by atoms with Crippen molar-refractivity contribution in [2.24, 2.45) is 0 Å². The van der Waals surface area contributed by atoms with Gasteiger partial charge in [-0.25, -0.2) is 0 Å². The highest BCUT2D eigenvalue weighted by Gasteiger charge is 2.10. The molecule has 0 nitrogen and oxygen atoms in total. The minimum Gasteiger partial charge on any atom is -0.0828 e. The van der Waals surface area contributed by atoms with Gasteiger partial charge in [-0.2, -0.15) is 0 Å². The highest BCUT2D eigenvalue weighted by atomic mass is 31.1. The van der Waals surface area contributed by atoms with Gasteiger partial charge in [0.15, 0.2) is 0 Å². The molecule has 0 radical (unpaired) electrons. The smallest absolute Gasteiger partial charge is 0.0156 e. The third-order valence-electron chi connectivity index (χ3n) is 4.18. The lowest BCUT2D eigenvalue weighted by atomic mass is 9.98. The van der Waals surface area contributed by atoms with Crippen LogP contribution in [0.4, 0.5) is 0 Å². The van der Waals surface area contributed by atoms with Gasteiger partial charge in [-0.1, -0.05) is 110 Å². The third-order valence-corrected chi connectivity index (χ3v) is 6.40. The van der Waals surface area contributed by atoms with E-state index in [9.17, 15) is 0 Å². The Morgan fingerprint density at radius 2 is 1.17 bits per heavy atom. The van der Waals surface area contributed by atoms with Crippen molar-refractivity contribution in [1.29, 1.82) is 0 Å². The first kappa shape index (κ1) is 16.7. The molecule has 0 fully saturated rings. The molecule has 120 valence electrons. The largest absolute Gasteiger partial charge is 0.0828 e. The molecule has 1 atom stereocenters. The summed E-state index contributed by atoms with van der Waals surface area (Å²) in [5.41, 5.74) is 1.41. The fourth-order valence-electron chi connectivity index (χ4n) is 2.79. The Kier molecular flexibility index (Phi) is 5.99. The number of hydrogen-bond acceptors (Lipinski definition) is 0. The molecule has 3 rings (SSSR count). The van der Waals surface area contributed by atoms with E-state index in [1.54, 1.807) is 0 Å². The van der Waals surface area contributed by atoms with Crippen molar-refractivity contribution in [1.82, 2.24) is 0 Å². The van der Waals surface area contributed by atoms with Crippen LogP contribution in [0.3, 0.4) is 0 Å². The van der Waals surface area contributed by atoms with Crippen molar-refractivity contribution >= 4 is 18.5 Å². The Morgan fingerprint density at radius 1 is 0.708 bits per heavy atom. The average molecular weight is 330 g/mol. The Hall–Kier alpha value is -2.17. The number of hydrogen-bond donors (Lipinski definition) is 0. The lowest BCUT2D eigenvalue weighted by Gasteiger charge is -2.15. The highest BCUT2D eigenvalue weighted by molar-refractivity contribution is 7.75. The Morgan fingerprint density at radius 3 is 1.67 bits per heavy atom. The van der Waals surface area contributed by atoms with Gasteiger partial charge in [0.1, 0.15) is 0 Å². The van der Waals surface area contributed by atoms with Gasteiger partial charge in [0, 0.05) is 0 Å². The molecule has 3 aromatic rings. The molecule has 3 aromatic carbocycles. The zero-order chi connectivity index (χ0) is 16.6. The van der Waals surface area contributed by atoms with E-state index in [0.29, 0.717) is 5.92 Å². The van der Waals surface area contributed by atoms with Gasteiger partial charge >= 0.3 is 0 Å². The molecule has 0 aliphatic heterocycles. The Labute approximate surface area is 146 Å². The van der Waals surface area contributed by atoms with Crippen LogP contribution < -0.4 is 10.6 Å². The molecule has 1 unspecified atom stereocenters. The second kappa shape index (κ2) is 8.62. The number of rotatable bonds is 6. The van der Waals surface area contributed by atoms with E-state index in [1.807, 2.05) is 0 Å². The summed E-state index contributed by atoms with van der Waals surface area (Å²) in [6, 6.07) is 32.4. The molecule has 0 N–H and O–H groups in total. The van der Waals surface area contributed by atoms with Crippen LogP contribution in [0, 0.1) is 0 Å². The molecule has 0 aliphatic rings. The maximum Gasteiger partial charge on any atom is -0.0156 e. The van der Waals surface area contributed by atoms with Gasteiger partial charge in [0.05, 0.1) is 0 Å². The summed E-state index contributed by atoms with van der Waals surface area (Å²) in [5, 5.41) is 2.81. The predicted octanol–water partition coefficient (Wildman–Crippen LogP) is 5.83. The van der Waals surface area contributed by atoms with Gasteiger partial charge in [-0.05, 0) is 36.4 Å². The van der Waals surface area contributed by atoms with Crippen LogP contribution in [-0.4, -0.2) is 0 Å². The Balaban J connectivity index is 1.77. The van der Waals surface area contributed by atoms with E-state index in [2.05, 4.69) is 110 Å². The van der Waals surface area contributed by atoms with E-state index in [1.165, 1.54) is 16.2 Å². The van der Waals surface area contributed by atoms with Crippen LogP contribution in [0.2, 0.25) is 0 Å². The minimum absolute atomic E-state index is 0.431. The molecule has 0 spiro atoms. The van der Waals surface area contributed by atoms with Crippen LogP contribution in [0.1, 0.15) is 24.8 Å². The van der Waals surface area contributed by atoms with Crippen LogP contribution >= 0.6 is 7.92 Å². The second-order valence-electron chi connectivity index (χ2n) is 5.97. The summed E-state index contributed by atoms with van der Waals surface area (Å²) >= 11 is 0. The monoisotopic (exact) mass is 330 g/mol. The molecular formula is C23H23P. The fourth-order valence-corrected chi connectivity index (χ4v) is 4.75. The van der Waals surface area contributed by atoms with Crippen LogP contribution in [-0.2, 0) is 0 Å². The van der Waals surface area contributed by atoms with Crippen molar-refractivity contribution in [3.05, 3.63) is 108 Å². The minimum atomic E-state index is -0.431. The maximum atomic E-state index is 2.42. The summed E-state index contributed by atoms with van der Waals surface area (Å²) in [5.74, 6) is 2.96. The molecular weight excluding hydrogens is 307 g/mol. The van der Waals surface area contributed by atoms with Gasteiger partial charge < -0.3 is 0 Å². The quantitative estimate of drug-likeness (QED) is 0.499. The van der Waals surface area contributed by atoms with Crippen molar-refractivity contribution in [2.45, 2.75) is 19.3 Å². The normalized spacial score (nSPS) is 12.6. The lowest BCUT2D eigenvalue weighted by molar-refractivity contribution is 0.781. The second-order valence-corrected chi connectivity index (χ2v) is 8.04. The first-order valence-electron chi connectivity index (χ1n) is 8.45. The summed E-state index contributed by atoms with van der Waals surface area (Å²) in [6.07, 6.45) is 3.44. The summed E-state index contributed by atoms with van der Waals surface area (Å²) in [6.45, 7) is 2.30. The first-order chi connectivity index (χ1) is 11.8. The van der Waals surface area contributed by atoms with Crippen molar-refractivity contribution in [3.63, 3.8) is 0 Å². The zero-order valence-electron chi connectivity index (χ0n) is 14.0. The predicted molar refractivity (Wildman–Crippen MR) is 108 cm³/mol. The molecule has 0 heterocycles. The van der Waals surface area contributed by atoms with E-state index < -0.39 is 7.92 Å². The maximum absolute atomic E-state index is 2.42. The van der Waals surface area contributed by atoms with Gasteiger partial charge in [0.2, 0.25) is 0 Å². The van der Waals surface area contributed by atoms with E-state index in [4.69, 9.17) is 0 Å². The van der Waals surface area contributed by atoms with Gasteiger partial charge in [0.25, 0.3) is 0 Å². The van der Waals surface area contributed by atoms with Gasteiger partial charge in [-0.3, -0.25) is 0 Å².